The molecule has 2 aliphatic heterocycles. The molecule has 2 atom stereocenters. The first-order valence-electron chi connectivity index (χ1n) is 15.8. The number of likely N-dealkylation sites (tertiary alicyclic amines) is 2. The van der Waals surface area contributed by atoms with Crippen LogP contribution < -0.4 is 21.8 Å². The van der Waals surface area contributed by atoms with Crippen LogP contribution in [0.3, 0.4) is 0 Å². The summed E-state index contributed by atoms with van der Waals surface area (Å²) in [6, 6.07) is 14.6. The average Bonchev–Trinajstić information content (AvgIpc) is 3.06. The predicted molar refractivity (Wildman–Crippen MR) is 182 cm³/mol. The van der Waals surface area contributed by atoms with E-state index < -0.39 is 0 Å². The molecule has 13 heteroatoms. The predicted octanol–water partition coefficient (Wildman–Crippen LogP) is 4.24. The van der Waals surface area contributed by atoms with Crippen LogP contribution in [-0.4, -0.2) is 72.6 Å². The number of aromatic nitrogens is 5. The lowest BCUT2D eigenvalue weighted by molar-refractivity contribution is 0.206. The lowest BCUT2D eigenvalue weighted by Gasteiger charge is -2.33. The van der Waals surface area contributed by atoms with Gasteiger partial charge in [0, 0.05) is 51.5 Å². The number of pyridine rings is 1. The Hall–Kier alpha value is -3.77. The second-order valence-corrected chi connectivity index (χ2v) is 13.0. The molecule has 0 radical (unpaired) electrons. The zero-order valence-corrected chi connectivity index (χ0v) is 27.4. The highest BCUT2D eigenvalue weighted by Crippen LogP contribution is 2.23. The minimum atomic E-state index is -0.310. The Morgan fingerprint density at radius 3 is 1.98 bits per heavy atom. The summed E-state index contributed by atoms with van der Waals surface area (Å²) in [4.78, 5) is 34.5. The number of anilines is 2. The maximum atomic E-state index is 13.2. The Kier molecular flexibility index (Phi) is 10.3. The van der Waals surface area contributed by atoms with E-state index in [-0.39, 0.29) is 33.2 Å². The van der Waals surface area contributed by atoms with Crippen LogP contribution in [0.5, 0.6) is 0 Å². The number of nitrogens with one attached hydrogen (secondary N) is 2. The fraction of sp³-hybridized carbons (Fsp3) is 0.424. The molecule has 6 rings (SSSR count). The largest absolute Gasteiger partial charge is 0.378 e. The molecule has 46 heavy (non-hydrogen) atoms. The Morgan fingerprint density at radius 1 is 0.761 bits per heavy atom. The Morgan fingerprint density at radius 2 is 1.35 bits per heavy atom. The van der Waals surface area contributed by atoms with Crippen LogP contribution in [0.2, 0.25) is 10.0 Å². The van der Waals surface area contributed by atoms with E-state index in [1.54, 1.807) is 19.4 Å². The maximum Gasteiger partial charge on any atom is 0.287 e. The third-order valence-electron chi connectivity index (χ3n) is 8.67. The molecule has 0 aliphatic carbocycles. The summed E-state index contributed by atoms with van der Waals surface area (Å²) in [5, 5.41) is 15.7. The Balaban J connectivity index is 1.02. The first kappa shape index (κ1) is 32.2. The lowest BCUT2D eigenvalue weighted by Crippen LogP contribution is -2.42. The van der Waals surface area contributed by atoms with E-state index in [0.717, 1.165) is 76.2 Å². The molecule has 0 bridgehead atoms. The van der Waals surface area contributed by atoms with Gasteiger partial charge in [-0.3, -0.25) is 24.4 Å². The van der Waals surface area contributed by atoms with Gasteiger partial charge in [0.15, 0.2) is 0 Å². The van der Waals surface area contributed by atoms with Crippen LogP contribution in [0.25, 0.3) is 0 Å². The number of hydrogen-bond donors (Lipinski definition) is 2. The molecule has 2 unspecified atom stereocenters. The SMILES string of the molecule is Cn1ncc(NC2CCCN(Cc3ccc(Cn4ncc(NC5CCCN(Cc6ccccn6)C5)c(Cl)c4=O)cc3)C2)c(Cl)c1=O. The number of rotatable bonds is 10. The van der Waals surface area contributed by atoms with Crippen LogP contribution in [0.4, 0.5) is 11.4 Å². The van der Waals surface area contributed by atoms with Crippen molar-refractivity contribution in [3.05, 3.63) is 109 Å². The monoisotopic (exact) mass is 663 g/mol. The molecule has 2 aliphatic rings. The van der Waals surface area contributed by atoms with E-state index in [0.29, 0.717) is 17.9 Å². The summed E-state index contributed by atoms with van der Waals surface area (Å²) in [6.45, 7) is 5.61. The molecule has 2 saturated heterocycles. The van der Waals surface area contributed by atoms with E-state index >= 15 is 0 Å². The summed E-state index contributed by atoms with van der Waals surface area (Å²) >= 11 is 12.8. The maximum absolute atomic E-state index is 13.2. The molecule has 242 valence electrons. The van der Waals surface area contributed by atoms with Crippen LogP contribution in [0.1, 0.15) is 42.5 Å². The van der Waals surface area contributed by atoms with Crippen molar-refractivity contribution in [2.45, 2.75) is 57.4 Å². The van der Waals surface area contributed by atoms with E-state index in [1.807, 2.05) is 36.5 Å². The highest BCUT2D eigenvalue weighted by atomic mass is 35.5. The molecule has 0 saturated carbocycles. The third kappa shape index (κ3) is 7.95. The summed E-state index contributed by atoms with van der Waals surface area (Å²) in [5.41, 5.74) is 3.73. The smallest absolute Gasteiger partial charge is 0.287 e. The van der Waals surface area contributed by atoms with Crippen molar-refractivity contribution in [2.24, 2.45) is 7.05 Å². The molecular weight excluding hydrogens is 625 g/mol. The van der Waals surface area contributed by atoms with E-state index in [4.69, 9.17) is 23.2 Å². The zero-order chi connectivity index (χ0) is 32.0. The van der Waals surface area contributed by atoms with Crippen LogP contribution in [0, 0.1) is 0 Å². The number of benzene rings is 1. The summed E-state index contributed by atoms with van der Waals surface area (Å²) < 4.78 is 2.64. The van der Waals surface area contributed by atoms with Crippen molar-refractivity contribution in [1.82, 2.24) is 34.3 Å². The Labute approximate surface area is 278 Å². The van der Waals surface area contributed by atoms with E-state index in [9.17, 15) is 9.59 Å². The molecule has 11 nitrogen and oxygen atoms in total. The number of hydrogen-bond acceptors (Lipinski definition) is 9. The van der Waals surface area contributed by atoms with Gasteiger partial charge in [-0.15, -0.1) is 0 Å². The number of piperidine rings is 2. The number of nitrogens with zero attached hydrogens (tertiary/aromatic N) is 7. The van der Waals surface area contributed by atoms with Crippen molar-refractivity contribution in [3.63, 3.8) is 0 Å². The fourth-order valence-electron chi connectivity index (χ4n) is 6.27. The van der Waals surface area contributed by atoms with Gasteiger partial charge < -0.3 is 10.6 Å². The lowest BCUT2D eigenvalue weighted by atomic mass is 10.0. The van der Waals surface area contributed by atoms with Gasteiger partial charge in [-0.05, 0) is 62.0 Å². The molecule has 1 aromatic carbocycles. The quantitative estimate of drug-likeness (QED) is 0.257. The molecule has 2 N–H and O–H groups in total. The van der Waals surface area contributed by atoms with Crippen LogP contribution >= 0.6 is 23.2 Å². The van der Waals surface area contributed by atoms with E-state index in [1.165, 1.54) is 14.9 Å². The topological polar surface area (TPSA) is 113 Å². The van der Waals surface area contributed by atoms with Crippen molar-refractivity contribution in [2.75, 3.05) is 36.8 Å². The second kappa shape index (κ2) is 14.8. The molecule has 3 aromatic heterocycles. The average molecular weight is 665 g/mol. The minimum absolute atomic E-state index is 0.162. The van der Waals surface area contributed by atoms with Gasteiger partial charge in [0.1, 0.15) is 10.0 Å². The van der Waals surface area contributed by atoms with Gasteiger partial charge in [-0.1, -0.05) is 53.5 Å². The minimum Gasteiger partial charge on any atom is -0.378 e. The van der Waals surface area contributed by atoms with Crippen LogP contribution in [0.15, 0.2) is 70.6 Å². The standard InChI is InChI=1S/C33H39Cl2N9O2/c1-41-32(45)30(34)28(16-37-41)39-26-7-4-14-42(21-26)18-23-9-11-24(12-10-23)19-44-33(46)31(35)29(17-38-44)40-27-8-5-15-43(22-27)20-25-6-2-3-13-36-25/h2-3,6,9-13,16-17,26-27,39-40H,4-5,7-8,14-15,18-22H2,1H3. The molecule has 2 fully saturated rings. The Bertz CT molecular complexity index is 1750. The van der Waals surface area contributed by atoms with Crippen molar-refractivity contribution in [3.8, 4) is 0 Å². The second-order valence-electron chi connectivity index (χ2n) is 12.2. The van der Waals surface area contributed by atoms with Gasteiger partial charge in [0.25, 0.3) is 11.1 Å². The van der Waals surface area contributed by atoms with E-state index in [2.05, 4.69) is 47.7 Å². The first-order valence-corrected chi connectivity index (χ1v) is 16.5. The number of aryl methyl sites for hydroxylation is 1. The van der Waals surface area contributed by atoms with Gasteiger partial charge >= 0.3 is 0 Å². The highest BCUT2D eigenvalue weighted by molar-refractivity contribution is 6.33. The molecular formula is C33H39Cl2N9O2. The normalized spacial score (nSPS) is 19.2. The van der Waals surface area contributed by atoms with Crippen LogP contribution in [-0.2, 0) is 26.7 Å². The van der Waals surface area contributed by atoms with Gasteiger partial charge in [-0.2, -0.15) is 10.2 Å². The molecule has 4 aromatic rings. The summed E-state index contributed by atoms with van der Waals surface area (Å²) in [5.74, 6) is 0. The van der Waals surface area contributed by atoms with Gasteiger partial charge in [0.05, 0.1) is 36.0 Å². The van der Waals surface area contributed by atoms with Crippen molar-refractivity contribution >= 4 is 34.6 Å². The number of halogens is 2. The fourth-order valence-corrected chi connectivity index (χ4v) is 6.69. The third-order valence-corrected chi connectivity index (χ3v) is 9.40. The van der Waals surface area contributed by atoms with Crippen molar-refractivity contribution < 1.29 is 0 Å². The van der Waals surface area contributed by atoms with Crippen molar-refractivity contribution in [1.29, 1.82) is 0 Å². The first-order chi connectivity index (χ1) is 22.3. The zero-order valence-electron chi connectivity index (χ0n) is 25.9. The molecule has 0 amide bonds. The summed E-state index contributed by atoms with van der Waals surface area (Å²) in [7, 11) is 1.58. The van der Waals surface area contributed by atoms with Gasteiger partial charge in [0.2, 0.25) is 0 Å². The van der Waals surface area contributed by atoms with Gasteiger partial charge in [-0.25, -0.2) is 9.36 Å². The summed E-state index contributed by atoms with van der Waals surface area (Å²) in [6.07, 6.45) is 9.17. The molecule has 5 heterocycles. The highest BCUT2D eigenvalue weighted by Gasteiger charge is 2.23. The molecule has 0 spiro atoms.